The minimum atomic E-state index is -3.54. The van der Waals surface area contributed by atoms with E-state index in [4.69, 9.17) is 0 Å². The van der Waals surface area contributed by atoms with Crippen LogP contribution in [0, 0.1) is 6.92 Å². The summed E-state index contributed by atoms with van der Waals surface area (Å²) < 4.78 is 29.2. The lowest BCUT2D eigenvalue weighted by molar-refractivity contribution is 0.576. The highest BCUT2D eigenvalue weighted by atomic mass is 32.2. The quantitative estimate of drug-likeness (QED) is 0.832. The first-order valence-corrected chi connectivity index (χ1v) is 8.13. The predicted molar refractivity (Wildman–Crippen MR) is 81.2 cm³/mol. The summed E-state index contributed by atoms with van der Waals surface area (Å²) in [4.78, 5) is 0.317. The van der Waals surface area contributed by atoms with Gasteiger partial charge in [0.2, 0.25) is 10.0 Å². The zero-order valence-electron chi connectivity index (χ0n) is 12.4. The van der Waals surface area contributed by atoms with E-state index in [1.54, 1.807) is 37.0 Å². The fourth-order valence-electron chi connectivity index (χ4n) is 2.07. The first-order valence-electron chi connectivity index (χ1n) is 6.64. The summed E-state index contributed by atoms with van der Waals surface area (Å²) in [6, 6.07) is 7.24. The highest BCUT2D eigenvalue weighted by Gasteiger charge is 2.17. The van der Waals surface area contributed by atoms with Crippen molar-refractivity contribution in [2.75, 3.05) is 7.05 Å². The van der Waals surface area contributed by atoms with Crippen LogP contribution in [0.25, 0.3) is 0 Å². The third-order valence-corrected chi connectivity index (χ3v) is 4.83. The Kier molecular flexibility index (Phi) is 4.76. The lowest BCUT2D eigenvalue weighted by atomic mass is 10.1. The summed E-state index contributed by atoms with van der Waals surface area (Å²) in [6.45, 7) is 2.64. The van der Waals surface area contributed by atoms with Crippen molar-refractivity contribution in [1.29, 1.82) is 0 Å². The van der Waals surface area contributed by atoms with Gasteiger partial charge in [0.05, 0.1) is 17.1 Å². The molecule has 0 aliphatic rings. The molecule has 7 heteroatoms. The second-order valence-electron chi connectivity index (χ2n) is 4.90. The molecular formula is C14H20N4O2S. The van der Waals surface area contributed by atoms with Gasteiger partial charge in [0.15, 0.2) is 0 Å². The number of nitrogens with zero attached hydrogens (tertiary/aromatic N) is 2. The van der Waals surface area contributed by atoms with Gasteiger partial charge in [-0.3, -0.25) is 4.68 Å². The van der Waals surface area contributed by atoms with Crippen LogP contribution in [0.3, 0.4) is 0 Å². The molecule has 0 radical (unpaired) electrons. The molecule has 1 heterocycles. The Bertz CT molecular complexity index is 722. The number of aryl methyl sites for hydroxylation is 2. The molecule has 6 nitrogen and oxygen atoms in total. The number of hydrogen-bond acceptors (Lipinski definition) is 4. The summed E-state index contributed by atoms with van der Waals surface area (Å²) in [5.41, 5.74) is 2.47. The molecule has 1 aromatic heterocycles. The number of aromatic nitrogens is 2. The van der Waals surface area contributed by atoms with E-state index < -0.39 is 10.0 Å². The van der Waals surface area contributed by atoms with Crippen LogP contribution in [-0.2, 0) is 30.2 Å². The molecule has 1 aromatic carbocycles. The number of nitrogens with one attached hydrogen (secondary N) is 2. The van der Waals surface area contributed by atoms with Crippen LogP contribution >= 0.6 is 0 Å². The van der Waals surface area contributed by atoms with Gasteiger partial charge in [-0.05, 0) is 37.2 Å². The van der Waals surface area contributed by atoms with Crippen LogP contribution in [0.1, 0.15) is 16.8 Å². The van der Waals surface area contributed by atoms with E-state index in [-0.39, 0.29) is 6.54 Å². The van der Waals surface area contributed by atoms with E-state index in [9.17, 15) is 8.42 Å². The summed E-state index contributed by atoms with van der Waals surface area (Å²) in [7, 11) is 0.0647. The lowest BCUT2D eigenvalue weighted by Gasteiger charge is -2.11. The number of hydrogen-bond donors (Lipinski definition) is 2. The summed E-state index contributed by atoms with van der Waals surface area (Å²) in [5.74, 6) is 0. The first-order chi connectivity index (χ1) is 9.94. The molecule has 2 rings (SSSR count). The maximum atomic E-state index is 12.5. The fraction of sp³-hybridized carbons (Fsp3) is 0.357. The second kappa shape index (κ2) is 6.38. The van der Waals surface area contributed by atoms with Gasteiger partial charge >= 0.3 is 0 Å². The van der Waals surface area contributed by atoms with E-state index in [0.29, 0.717) is 11.4 Å². The molecule has 0 aliphatic heterocycles. The van der Waals surface area contributed by atoms with Gasteiger partial charge < -0.3 is 5.32 Å². The average molecular weight is 308 g/mol. The molecule has 0 unspecified atom stereocenters. The molecule has 0 saturated heterocycles. The molecule has 0 aliphatic carbocycles. The molecule has 2 aromatic rings. The van der Waals surface area contributed by atoms with Crippen LogP contribution < -0.4 is 10.0 Å². The molecule has 2 N–H and O–H groups in total. The molecule has 0 saturated carbocycles. The van der Waals surface area contributed by atoms with Crippen LogP contribution in [0.5, 0.6) is 0 Å². The third kappa shape index (κ3) is 3.69. The topological polar surface area (TPSA) is 76.0 Å². The van der Waals surface area contributed by atoms with Gasteiger partial charge in [-0.2, -0.15) is 5.10 Å². The minimum Gasteiger partial charge on any atom is -0.316 e. The van der Waals surface area contributed by atoms with Crippen molar-refractivity contribution in [3.63, 3.8) is 0 Å². The second-order valence-corrected chi connectivity index (χ2v) is 6.64. The van der Waals surface area contributed by atoms with Gasteiger partial charge in [-0.1, -0.05) is 12.1 Å². The standard InChI is InChI=1S/C14H20N4O2S/c1-11-4-5-12(9-15-2)8-14(11)21(19,20)17-10-13-6-7-16-18(13)3/h4-8,15,17H,9-10H2,1-3H3. The average Bonchev–Trinajstić information content (AvgIpc) is 2.84. The molecule has 21 heavy (non-hydrogen) atoms. The maximum absolute atomic E-state index is 12.5. The fourth-order valence-corrected chi connectivity index (χ4v) is 3.36. The molecule has 0 fully saturated rings. The molecule has 114 valence electrons. The van der Waals surface area contributed by atoms with Gasteiger partial charge in [0.25, 0.3) is 0 Å². The van der Waals surface area contributed by atoms with Crippen molar-refractivity contribution < 1.29 is 8.42 Å². The van der Waals surface area contributed by atoms with Crippen molar-refractivity contribution in [3.8, 4) is 0 Å². The van der Waals surface area contributed by atoms with E-state index in [0.717, 1.165) is 16.8 Å². The van der Waals surface area contributed by atoms with Gasteiger partial charge in [0.1, 0.15) is 0 Å². The Hall–Kier alpha value is -1.70. The van der Waals surface area contributed by atoms with Gasteiger partial charge in [-0.15, -0.1) is 0 Å². The summed E-state index contributed by atoms with van der Waals surface area (Å²) in [5, 5.41) is 7.04. The highest BCUT2D eigenvalue weighted by Crippen LogP contribution is 2.17. The number of rotatable bonds is 6. The van der Waals surface area contributed by atoms with Crippen LogP contribution in [0.4, 0.5) is 0 Å². The van der Waals surface area contributed by atoms with Crippen LogP contribution in [0.15, 0.2) is 35.4 Å². The monoisotopic (exact) mass is 308 g/mol. The van der Waals surface area contributed by atoms with Crippen LogP contribution in [0.2, 0.25) is 0 Å². The molecule has 0 spiro atoms. The summed E-state index contributed by atoms with van der Waals surface area (Å²) >= 11 is 0. The summed E-state index contributed by atoms with van der Waals surface area (Å²) in [6.07, 6.45) is 1.64. The van der Waals surface area contributed by atoms with Gasteiger partial charge in [-0.25, -0.2) is 13.1 Å². The third-order valence-electron chi connectivity index (χ3n) is 3.29. The molecule has 0 bridgehead atoms. The van der Waals surface area contributed by atoms with Crippen LogP contribution in [-0.4, -0.2) is 25.2 Å². The number of benzene rings is 1. The number of sulfonamides is 1. The van der Waals surface area contributed by atoms with Crippen molar-refractivity contribution in [3.05, 3.63) is 47.3 Å². The lowest BCUT2D eigenvalue weighted by Crippen LogP contribution is -2.25. The molecule has 0 atom stereocenters. The minimum absolute atomic E-state index is 0.217. The zero-order chi connectivity index (χ0) is 15.5. The van der Waals surface area contributed by atoms with E-state index in [1.165, 1.54) is 0 Å². The molecular weight excluding hydrogens is 288 g/mol. The van der Waals surface area contributed by atoms with Crippen molar-refractivity contribution in [2.24, 2.45) is 7.05 Å². The Labute approximate surface area is 125 Å². The predicted octanol–water partition coefficient (Wildman–Crippen LogP) is 0.926. The van der Waals surface area contributed by atoms with Gasteiger partial charge in [0, 0.05) is 19.8 Å². The Morgan fingerprint density at radius 2 is 2.00 bits per heavy atom. The smallest absolute Gasteiger partial charge is 0.241 e. The van der Waals surface area contributed by atoms with E-state index >= 15 is 0 Å². The SMILES string of the molecule is CNCc1ccc(C)c(S(=O)(=O)NCc2ccnn2C)c1. The highest BCUT2D eigenvalue weighted by molar-refractivity contribution is 7.89. The maximum Gasteiger partial charge on any atom is 0.241 e. The Morgan fingerprint density at radius 3 is 2.62 bits per heavy atom. The first kappa shape index (κ1) is 15.7. The Morgan fingerprint density at radius 1 is 1.24 bits per heavy atom. The molecule has 0 amide bonds. The van der Waals surface area contributed by atoms with Crippen molar-refractivity contribution in [1.82, 2.24) is 19.8 Å². The van der Waals surface area contributed by atoms with E-state index in [1.807, 2.05) is 19.2 Å². The van der Waals surface area contributed by atoms with E-state index in [2.05, 4.69) is 15.1 Å². The Balaban J connectivity index is 2.22. The zero-order valence-corrected chi connectivity index (χ0v) is 13.2. The normalized spacial score (nSPS) is 11.8. The van der Waals surface area contributed by atoms with Crippen molar-refractivity contribution in [2.45, 2.75) is 24.9 Å². The van der Waals surface area contributed by atoms with Crippen molar-refractivity contribution >= 4 is 10.0 Å². The largest absolute Gasteiger partial charge is 0.316 e.